The van der Waals surface area contributed by atoms with Gasteiger partial charge in [0.05, 0.1) is 35.2 Å². The molecule has 796 valence electrons. The average Bonchev–Trinajstić information content (AvgIpc) is 1.64. The van der Waals surface area contributed by atoms with Crippen LogP contribution in [0.1, 0.15) is 238 Å². The molecule has 8 aromatic rings. The third kappa shape index (κ3) is 45.7. The fraction of sp³-hybridized carbons (Fsp3) is 0.500. The number of nitrogens with zero attached hydrogens (tertiary/aromatic N) is 10. The van der Waals surface area contributed by atoms with Gasteiger partial charge in [-0.15, -0.1) is 12.4 Å². The van der Waals surface area contributed by atoms with Crippen molar-refractivity contribution in [2.75, 3.05) is 49.1 Å². The first kappa shape index (κ1) is 121. The number of hydrogen-bond donors (Lipinski definition) is 8. The van der Waals surface area contributed by atoms with E-state index in [0.717, 1.165) is 151 Å². The Balaban J connectivity index is 0.000000231. The van der Waals surface area contributed by atoms with Crippen LogP contribution in [0.5, 0.6) is 0 Å². The number of allylic oxidation sites excluding steroid dienone is 2. The molecule has 5 saturated heterocycles. The monoisotopic (exact) mass is 2100 g/mol. The molecule has 0 radical (unpaired) electrons. The molecule has 8 amide bonds. The number of aryl methyl sites for hydroxylation is 2. The highest BCUT2D eigenvalue weighted by Crippen LogP contribution is 2.32. The van der Waals surface area contributed by atoms with Crippen LogP contribution in [0.25, 0.3) is 12.2 Å². The first-order valence-electron chi connectivity index (χ1n) is 49.4. The number of carbonyl (C=O) groups excluding carboxylic acids is 8. The summed E-state index contributed by atoms with van der Waals surface area (Å²) in [5.41, 5.74) is 20.1. The lowest BCUT2D eigenvalue weighted by Crippen LogP contribution is -2.53. The van der Waals surface area contributed by atoms with E-state index in [1.807, 2.05) is 275 Å². The average molecular weight is 2100 g/mol. The molecule has 34 nitrogen and oxygen atoms in total. The minimum Gasteiger partial charge on any atom is -0.445 e. The van der Waals surface area contributed by atoms with Crippen LogP contribution in [0.3, 0.4) is 0 Å². The van der Waals surface area contributed by atoms with Crippen molar-refractivity contribution in [1.29, 1.82) is 0 Å². The lowest BCUT2D eigenvalue weighted by Gasteiger charge is -2.37. The lowest BCUT2D eigenvalue weighted by molar-refractivity contribution is 0.0399. The molecule has 5 fully saturated rings. The van der Waals surface area contributed by atoms with Crippen LogP contribution in [-0.2, 0) is 77.2 Å². The Morgan fingerprint density at radius 1 is 0.404 bits per heavy atom. The molecule has 2 aliphatic carbocycles. The second-order valence-corrected chi connectivity index (χ2v) is 41.6. The van der Waals surface area contributed by atoms with Gasteiger partial charge >= 0.3 is 48.7 Å². The molecular weight excluding hydrogens is 1950 g/mol. The first-order chi connectivity index (χ1) is 68.5. The molecule has 4 aromatic carbocycles. The Kier molecular flexibility index (Phi) is 49.1. The fourth-order valence-corrected chi connectivity index (χ4v) is 16.2. The van der Waals surface area contributed by atoms with Crippen LogP contribution in [0.4, 0.5) is 55.5 Å². The number of amides is 8. The summed E-state index contributed by atoms with van der Waals surface area (Å²) in [6.07, 6.45) is 19.0. The van der Waals surface area contributed by atoms with Crippen LogP contribution >= 0.6 is 47.2 Å². The van der Waals surface area contributed by atoms with E-state index in [1.54, 1.807) is 38.1 Å². The van der Waals surface area contributed by atoms with E-state index in [2.05, 4.69) is 81.7 Å². The number of nitrogens with two attached hydrogens (primary N) is 2. The standard InChI is InChI=1S/C21H23ClN4O2.2C19H28N2O4.C14H20N2O2.C11H22N2O2.C11H16N2O2.C7H4Cl2N2.C6H8N2.ClH/c1-14-10-11-16(23-19-17-8-5-9-18(17)24-20(22)25-19)12-26(14)21(27)28-13-15-6-3-2-4-7-15;2*1-14-10-11-16(20-17(22)25-19(2,3)4)12-21(14)18(23)24-13-15-8-6-5-7-9-15;1-11-7-8-13(15)9-16(11)14(17)18-10-12-5-3-2-4-6-12;2*1-8-5-6-9(7-12-8)13-10(14)15-11(2,3)4;8-6-4-2-1-3-5(4)10-7(9)11-6;1-5-2-3-6(7)4-8-5;/h2-8,14,16H,9-13H2,1H3,(H,23,24,25);2*5-9,14,16H,10-13H2,1-4H3,(H,20,22);2-6,11,13H,7-10,15H2,1H3;8-9,12H,5-7H2,1-4H3,(H,13,14);5-7H,1-4H3,(H,13,14);1-2H,3H2;2-4H,7H2,1H3;1H/t2*14-,16+;14-,16-;11-,13+;;;;;/m0000...../s1. The Morgan fingerprint density at radius 2 is 0.747 bits per heavy atom. The van der Waals surface area contributed by atoms with Gasteiger partial charge in [0.15, 0.2) is 0 Å². The van der Waals surface area contributed by atoms with Crippen LogP contribution in [0.15, 0.2) is 170 Å². The normalized spacial score (nSPS) is 19.4. The topological polar surface area (TPSA) is 425 Å². The van der Waals surface area contributed by atoms with Crippen molar-refractivity contribution in [3.8, 4) is 0 Å². The molecule has 5 aliphatic heterocycles. The largest absolute Gasteiger partial charge is 0.445 e. The van der Waals surface area contributed by atoms with Gasteiger partial charge in [-0.3, -0.25) is 15.3 Å². The van der Waals surface area contributed by atoms with E-state index < -0.39 is 40.7 Å². The summed E-state index contributed by atoms with van der Waals surface area (Å²) in [4.78, 5) is 127. The molecule has 146 heavy (non-hydrogen) atoms. The molecule has 0 spiro atoms. The summed E-state index contributed by atoms with van der Waals surface area (Å²) in [7, 11) is 0. The van der Waals surface area contributed by atoms with Gasteiger partial charge in [0, 0.05) is 128 Å². The fourth-order valence-electron chi connectivity index (χ4n) is 15.5. The molecule has 9 heterocycles. The molecule has 10 N–H and O–H groups in total. The van der Waals surface area contributed by atoms with E-state index in [9.17, 15) is 38.4 Å². The minimum absolute atomic E-state index is 0. The Hall–Kier alpha value is -12.3. The number of piperidine rings is 5. The number of pyridine rings is 2. The van der Waals surface area contributed by atoms with Crippen molar-refractivity contribution in [2.24, 2.45) is 5.73 Å². The molecule has 2 unspecified atom stereocenters. The van der Waals surface area contributed by atoms with Gasteiger partial charge in [-0.05, 0) is 265 Å². The number of fused-ring (bicyclic) bond motifs is 2. The van der Waals surface area contributed by atoms with E-state index in [-0.39, 0.29) is 128 Å². The molecule has 38 heteroatoms. The van der Waals surface area contributed by atoms with Gasteiger partial charge in [0.25, 0.3) is 0 Å². The number of nitrogens with one attached hydrogen (secondary N) is 6. The zero-order valence-electron chi connectivity index (χ0n) is 87.6. The number of ether oxygens (including phenoxy) is 8. The summed E-state index contributed by atoms with van der Waals surface area (Å²) >= 11 is 17.5. The molecule has 7 aliphatic rings. The van der Waals surface area contributed by atoms with E-state index in [4.69, 9.17) is 84.2 Å². The predicted octanol–water partition coefficient (Wildman–Crippen LogP) is 22.0. The van der Waals surface area contributed by atoms with Crippen molar-refractivity contribution >= 4 is 125 Å². The molecule has 15 rings (SSSR count). The maximum Gasteiger partial charge on any atom is 0.412 e. The summed E-state index contributed by atoms with van der Waals surface area (Å²) in [5, 5.41) is 18.9. The summed E-state index contributed by atoms with van der Waals surface area (Å²) in [6.45, 7) is 40.0. The number of halogens is 4. The van der Waals surface area contributed by atoms with Crippen LogP contribution < -0.4 is 43.4 Å². The molecular formula is C108H150Cl4N18O16. The van der Waals surface area contributed by atoms with E-state index in [1.165, 1.54) is 0 Å². The number of hydrogen-bond acceptors (Lipinski definition) is 26. The summed E-state index contributed by atoms with van der Waals surface area (Å²) in [6, 6.07) is 47.1. The number of benzene rings is 4. The number of carbonyl (C=O) groups is 8. The highest BCUT2D eigenvalue weighted by Gasteiger charge is 2.37. The SMILES string of the molecule is CC1CCC(NC(=O)OC(C)(C)C)CN1.C[C@H]1CC[C@@H](N)CN1C(=O)OCc1ccccc1.C[C@H]1CC[C@@H](NC(=O)OC(C)(C)C)CN1C(=O)OCc1ccccc1.C[C@H]1CC[C@@H](Nc2nc(Cl)nc3c2C=CC3)CN1C(=O)OCc1ccccc1.C[C@H]1CC[C@H](NC(=O)OC(C)(C)C)CN1C(=O)OCc1ccccc1.Cc1ccc(N)cn1.Cc1ccc(NC(=O)OC(C)(C)C)cn1.Cl.Clc1nc(Cl)c2c(n1)CC=C2. The summed E-state index contributed by atoms with van der Waals surface area (Å²) in [5.74, 6) is 0.737. The predicted molar refractivity (Wildman–Crippen MR) is 574 cm³/mol. The number of likely N-dealkylation sites (tertiary alicyclic amines) is 4. The van der Waals surface area contributed by atoms with Gasteiger partial charge in [0.1, 0.15) is 59.8 Å². The summed E-state index contributed by atoms with van der Waals surface area (Å²) < 4.78 is 42.5. The second kappa shape index (κ2) is 59.5. The first-order valence-corrected chi connectivity index (χ1v) is 50.5. The zero-order chi connectivity index (χ0) is 106. The zero-order valence-corrected chi connectivity index (χ0v) is 90.7. The molecule has 10 atom stereocenters. The lowest BCUT2D eigenvalue weighted by atomic mass is 9.99. The van der Waals surface area contributed by atoms with Gasteiger partial charge in [-0.25, -0.2) is 58.3 Å². The van der Waals surface area contributed by atoms with E-state index >= 15 is 0 Å². The molecule has 0 bridgehead atoms. The maximum absolute atomic E-state index is 12.6. The molecule has 4 aromatic heterocycles. The number of aromatic nitrogens is 6. The van der Waals surface area contributed by atoms with Crippen molar-refractivity contribution in [1.82, 2.24) is 70.8 Å². The third-order valence-corrected chi connectivity index (χ3v) is 23.7. The number of anilines is 3. The second-order valence-electron chi connectivity index (χ2n) is 40.6. The maximum atomic E-state index is 12.6. The number of rotatable bonds is 14. The van der Waals surface area contributed by atoms with E-state index in [0.29, 0.717) is 49.7 Å². The number of alkyl carbamates (subject to hydrolysis) is 3. The van der Waals surface area contributed by atoms with Gasteiger partial charge in [-0.1, -0.05) is 157 Å². The van der Waals surface area contributed by atoms with Crippen molar-refractivity contribution < 1.29 is 76.3 Å². The highest BCUT2D eigenvalue weighted by atomic mass is 35.5. The van der Waals surface area contributed by atoms with Crippen molar-refractivity contribution in [2.45, 2.75) is 318 Å². The Labute approximate surface area is 881 Å². The van der Waals surface area contributed by atoms with Crippen LogP contribution in [0.2, 0.25) is 15.7 Å². The van der Waals surface area contributed by atoms with Gasteiger partial charge in [-0.2, -0.15) is 0 Å². The Morgan fingerprint density at radius 3 is 1.12 bits per heavy atom. The Bertz CT molecular complexity index is 5320. The van der Waals surface area contributed by atoms with Gasteiger partial charge < -0.3 is 95.5 Å². The highest BCUT2D eigenvalue weighted by molar-refractivity contribution is 6.33. The smallest absolute Gasteiger partial charge is 0.412 e. The quantitative estimate of drug-likeness (QED) is 0.0285. The van der Waals surface area contributed by atoms with Crippen LogP contribution in [0, 0.1) is 13.8 Å². The van der Waals surface area contributed by atoms with Crippen molar-refractivity contribution in [3.63, 3.8) is 0 Å². The number of nitrogen functional groups attached to an aromatic ring is 1. The van der Waals surface area contributed by atoms with Crippen molar-refractivity contribution in [3.05, 3.63) is 242 Å². The third-order valence-electron chi connectivity index (χ3n) is 23.1. The minimum atomic E-state index is -0.541. The van der Waals surface area contributed by atoms with Crippen LogP contribution in [-0.4, -0.2) is 214 Å². The molecule has 0 saturated carbocycles. The van der Waals surface area contributed by atoms with Gasteiger partial charge in [0.2, 0.25) is 10.6 Å².